The van der Waals surface area contributed by atoms with Crippen LogP contribution in [0.4, 0.5) is 0 Å². The van der Waals surface area contributed by atoms with E-state index in [4.69, 9.17) is 4.74 Å². The summed E-state index contributed by atoms with van der Waals surface area (Å²) in [5.41, 5.74) is 0. The Labute approximate surface area is 341 Å². The second kappa shape index (κ2) is 44.8. The predicted octanol–water partition coefficient (Wildman–Crippen LogP) is 13.7. The van der Waals surface area contributed by atoms with Crippen molar-refractivity contribution in [2.75, 3.05) is 13.2 Å². The molecule has 6 nitrogen and oxygen atoms in total. The van der Waals surface area contributed by atoms with Crippen molar-refractivity contribution in [3.63, 3.8) is 0 Å². The zero-order valence-corrected chi connectivity index (χ0v) is 36.4. The first kappa shape index (κ1) is 53.1. The molecule has 0 bridgehead atoms. The Morgan fingerprint density at radius 2 is 0.855 bits per heavy atom. The van der Waals surface area contributed by atoms with E-state index >= 15 is 0 Å². The summed E-state index contributed by atoms with van der Waals surface area (Å²) in [7, 11) is 0. The summed E-state index contributed by atoms with van der Waals surface area (Å²) in [6.07, 6.45) is 52.8. The van der Waals surface area contributed by atoms with Crippen LogP contribution in [0.3, 0.4) is 0 Å². The molecule has 0 spiro atoms. The molecule has 0 heterocycles. The highest BCUT2D eigenvalue weighted by Crippen LogP contribution is 2.14. The molecule has 0 aromatic rings. The topological polar surface area (TPSA) is 95.9 Å². The first-order chi connectivity index (χ1) is 27.0. The second-order valence-electron chi connectivity index (χ2n) is 16.1. The van der Waals surface area contributed by atoms with Crippen LogP contribution in [0, 0.1) is 0 Å². The summed E-state index contributed by atoms with van der Waals surface area (Å²) in [6, 6.07) is -0.653. The van der Waals surface area contributed by atoms with Crippen molar-refractivity contribution in [2.45, 2.75) is 251 Å². The zero-order chi connectivity index (χ0) is 40.1. The van der Waals surface area contributed by atoms with Gasteiger partial charge in [-0.1, -0.05) is 179 Å². The molecule has 1 amide bonds. The van der Waals surface area contributed by atoms with Crippen LogP contribution in [0.5, 0.6) is 0 Å². The van der Waals surface area contributed by atoms with Gasteiger partial charge in [-0.05, 0) is 83.5 Å². The number of aliphatic hydroxyl groups excluding tert-OH is 2. The van der Waals surface area contributed by atoms with Crippen molar-refractivity contribution < 1.29 is 24.5 Å². The summed E-state index contributed by atoms with van der Waals surface area (Å²) in [6.45, 7) is 4.78. The van der Waals surface area contributed by atoms with Crippen molar-refractivity contribution in [3.05, 3.63) is 36.5 Å². The molecule has 6 heteroatoms. The van der Waals surface area contributed by atoms with Crippen molar-refractivity contribution in [1.82, 2.24) is 5.32 Å². The predicted molar refractivity (Wildman–Crippen MR) is 236 cm³/mol. The molecule has 0 saturated carbocycles. The largest absolute Gasteiger partial charge is 0.466 e. The third kappa shape index (κ3) is 41.5. The number of ether oxygens (including phenoxy) is 1. The maximum absolute atomic E-state index is 12.4. The number of hydrogen-bond acceptors (Lipinski definition) is 5. The third-order valence-corrected chi connectivity index (χ3v) is 10.6. The first-order valence-electron chi connectivity index (χ1n) is 23.8. The number of rotatable bonds is 43. The summed E-state index contributed by atoms with van der Waals surface area (Å²) < 4.78 is 5.42. The van der Waals surface area contributed by atoms with E-state index in [-0.39, 0.29) is 18.5 Å². The molecule has 0 fully saturated rings. The Bertz CT molecular complexity index is 900. The van der Waals surface area contributed by atoms with Crippen LogP contribution < -0.4 is 5.32 Å². The number of esters is 1. The fourth-order valence-corrected chi connectivity index (χ4v) is 6.91. The highest BCUT2D eigenvalue weighted by Gasteiger charge is 2.18. The lowest BCUT2D eigenvalue weighted by Crippen LogP contribution is -2.45. The van der Waals surface area contributed by atoms with E-state index in [0.717, 1.165) is 77.0 Å². The van der Waals surface area contributed by atoms with Gasteiger partial charge in [0.15, 0.2) is 0 Å². The van der Waals surface area contributed by atoms with E-state index in [1.165, 1.54) is 135 Å². The van der Waals surface area contributed by atoms with Gasteiger partial charge in [-0.15, -0.1) is 0 Å². The quantitative estimate of drug-likeness (QED) is 0.0326. The maximum atomic E-state index is 12.4. The van der Waals surface area contributed by atoms with Crippen molar-refractivity contribution in [2.24, 2.45) is 0 Å². The van der Waals surface area contributed by atoms with Gasteiger partial charge >= 0.3 is 5.97 Å². The molecule has 0 saturated heterocycles. The highest BCUT2D eigenvalue weighted by molar-refractivity contribution is 5.76. The number of aliphatic hydroxyl groups is 2. The Balaban J connectivity index is 3.59. The van der Waals surface area contributed by atoms with Gasteiger partial charge in [0.05, 0.1) is 25.4 Å². The number of unbranched alkanes of at least 4 members (excludes halogenated alkanes) is 28. The van der Waals surface area contributed by atoms with E-state index in [1.807, 2.05) is 6.08 Å². The van der Waals surface area contributed by atoms with E-state index < -0.39 is 12.1 Å². The molecule has 0 aliphatic rings. The second-order valence-corrected chi connectivity index (χ2v) is 16.1. The lowest BCUT2D eigenvalue weighted by molar-refractivity contribution is -0.143. The normalized spacial score (nSPS) is 13.0. The van der Waals surface area contributed by atoms with Gasteiger partial charge in [-0.25, -0.2) is 0 Å². The molecule has 3 N–H and O–H groups in total. The van der Waals surface area contributed by atoms with Crippen molar-refractivity contribution in [3.8, 4) is 0 Å². The van der Waals surface area contributed by atoms with Gasteiger partial charge in [-0.2, -0.15) is 0 Å². The van der Waals surface area contributed by atoms with Gasteiger partial charge in [0.2, 0.25) is 5.91 Å². The molecule has 2 atom stereocenters. The van der Waals surface area contributed by atoms with Crippen LogP contribution in [0.15, 0.2) is 36.5 Å². The molecule has 0 aliphatic heterocycles. The molecular weight excluding hydrogens is 683 g/mol. The molecule has 322 valence electrons. The Kier molecular flexibility index (Phi) is 43.2. The Hall–Kier alpha value is -1.92. The summed E-state index contributed by atoms with van der Waals surface area (Å²) in [5, 5.41) is 23.0. The van der Waals surface area contributed by atoms with Gasteiger partial charge in [0, 0.05) is 12.8 Å². The molecule has 0 aromatic heterocycles. The van der Waals surface area contributed by atoms with Gasteiger partial charge < -0.3 is 20.3 Å². The molecule has 0 aromatic carbocycles. The van der Waals surface area contributed by atoms with Crippen LogP contribution in [0.25, 0.3) is 0 Å². The van der Waals surface area contributed by atoms with E-state index in [2.05, 4.69) is 43.5 Å². The van der Waals surface area contributed by atoms with Gasteiger partial charge in [0.1, 0.15) is 0 Å². The molecular formula is C49H91NO5. The minimum atomic E-state index is -0.866. The number of carbonyl (C=O) groups excluding carboxylic acids is 2. The van der Waals surface area contributed by atoms with Crippen molar-refractivity contribution >= 4 is 11.9 Å². The number of nitrogens with one attached hydrogen (secondary N) is 1. The monoisotopic (exact) mass is 774 g/mol. The third-order valence-electron chi connectivity index (χ3n) is 10.6. The molecule has 55 heavy (non-hydrogen) atoms. The minimum Gasteiger partial charge on any atom is -0.466 e. The van der Waals surface area contributed by atoms with Gasteiger partial charge in [-0.3, -0.25) is 9.59 Å². The molecule has 0 radical (unpaired) electrons. The zero-order valence-electron chi connectivity index (χ0n) is 36.4. The maximum Gasteiger partial charge on any atom is 0.305 e. The van der Waals surface area contributed by atoms with E-state index in [0.29, 0.717) is 19.4 Å². The smallest absolute Gasteiger partial charge is 0.305 e. The molecule has 2 unspecified atom stereocenters. The van der Waals surface area contributed by atoms with Crippen LogP contribution in [0.1, 0.15) is 239 Å². The van der Waals surface area contributed by atoms with Crippen LogP contribution >= 0.6 is 0 Å². The lowest BCUT2D eigenvalue weighted by Gasteiger charge is -2.20. The molecule has 0 aliphatic carbocycles. The summed E-state index contributed by atoms with van der Waals surface area (Å²) >= 11 is 0. The average Bonchev–Trinajstić information content (AvgIpc) is 3.18. The Morgan fingerprint density at radius 1 is 0.491 bits per heavy atom. The lowest BCUT2D eigenvalue weighted by atomic mass is 10.0. The first-order valence-corrected chi connectivity index (χ1v) is 23.8. The summed E-state index contributed by atoms with van der Waals surface area (Å²) in [5.74, 6) is -0.154. The van der Waals surface area contributed by atoms with E-state index in [1.54, 1.807) is 6.08 Å². The number of hydrogen-bond donors (Lipinski definition) is 3. The number of carbonyl (C=O) groups is 2. The van der Waals surface area contributed by atoms with Crippen LogP contribution in [-0.4, -0.2) is 47.4 Å². The van der Waals surface area contributed by atoms with Crippen LogP contribution in [0.2, 0.25) is 0 Å². The average molecular weight is 774 g/mol. The number of allylic oxidation sites excluding steroid dienone is 5. The van der Waals surface area contributed by atoms with Crippen LogP contribution in [-0.2, 0) is 14.3 Å². The fourth-order valence-electron chi connectivity index (χ4n) is 6.91. The fraction of sp³-hybridized carbons (Fsp3) is 0.837. The SMILES string of the molecule is CCCCCCC/C=C\CCCCCCCC(=O)OCCCC/C=C\CCCCCCC(=O)NC(CO)C(O)/C=C/CCCCCCCCCCCCCC. The van der Waals surface area contributed by atoms with Gasteiger partial charge in [0.25, 0.3) is 0 Å². The molecule has 0 rings (SSSR count). The Morgan fingerprint density at radius 3 is 1.29 bits per heavy atom. The minimum absolute atomic E-state index is 0.0479. The van der Waals surface area contributed by atoms with E-state index in [9.17, 15) is 19.8 Å². The van der Waals surface area contributed by atoms with Crippen molar-refractivity contribution in [1.29, 1.82) is 0 Å². The highest BCUT2D eigenvalue weighted by atomic mass is 16.5. The summed E-state index contributed by atoms with van der Waals surface area (Å²) in [4.78, 5) is 24.4. The number of amides is 1. The standard InChI is InChI=1S/C49H91NO5/c1-3-5-7-9-11-13-15-17-19-21-25-29-33-37-41-47(52)46(45-51)50-48(53)42-38-34-30-26-23-24-28-32-36-40-44-55-49(54)43-39-35-31-27-22-20-18-16-14-12-10-8-6-4-2/h16,18,24,28,37,41,46-47,51-52H,3-15,17,19-23,25-27,29-36,38-40,42-45H2,1-2H3,(H,50,53)/b18-16-,28-24-,41-37+.